The fraction of sp³-hybridized carbons (Fsp3) is 0.250. The normalized spacial score (nSPS) is 15.2. The van der Waals surface area contributed by atoms with Gasteiger partial charge in [0.15, 0.2) is 17.3 Å². The first-order chi connectivity index (χ1) is 8.78. The fourth-order valence-corrected chi connectivity index (χ4v) is 1.64. The number of ether oxygens (including phenoxy) is 2. The van der Waals surface area contributed by atoms with Gasteiger partial charge < -0.3 is 14.4 Å². The van der Waals surface area contributed by atoms with Crippen LogP contribution in [0.2, 0.25) is 0 Å². The van der Waals surface area contributed by atoms with Crippen molar-refractivity contribution in [3.05, 3.63) is 36.2 Å². The lowest BCUT2D eigenvalue weighted by molar-refractivity contribution is -0.286. The van der Waals surface area contributed by atoms with Gasteiger partial charge in [0.25, 0.3) is 5.91 Å². The minimum absolute atomic E-state index is 0.0317. The van der Waals surface area contributed by atoms with E-state index >= 15 is 0 Å². The molecule has 0 aromatic heterocycles. The Morgan fingerprint density at radius 3 is 2.63 bits per heavy atom. The summed E-state index contributed by atoms with van der Waals surface area (Å²) in [5.74, 6) is -2.17. The summed E-state index contributed by atoms with van der Waals surface area (Å²) in [5, 5.41) is 0. The maximum atomic E-state index is 12.8. The summed E-state index contributed by atoms with van der Waals surface area (Å²) >= 11 is 0. The van der Waals surface area contributed by atoms with E-state index < -0.39 is 18.0 Å². The zero-order valence-electron chi connectivity index (χ0n) is 9.95. The van der Waals surface area contributed by atoms with E-state index in [1.54, 1.807) is 0 Å². The Kier molecular flexibility index (Phi) is 3.13. The van der Waals surface area contributed by atoms with Crippen LogP contribution >= 0.6 is 0 Å². The van der Waals surface area contributed by atoms with Crippen LogP contribution < -0.4 is 9.47 Å². The molecule has 0 saturated carbocycles. The average Bonchev–Trinajstić information content (AvgIpc) is 2.60. The summed E-state index contributed by atoms with van der Waals surface area (Å²) < 4.78 is 46.7. The third kappa shape index (κ3) is 2.81. The molecule has 2 rings (SSSR count). The molecule has 0 spiro atoms. The number of amides is 1. The van der Waals surface area contributed by atoms with Crippen molar-refractivity contribution in [3.63, 3.8) is 0 Å². The van der Waals surface area contributed by atoms with E-state index in [0.717, 1.165) is 4.90 Å². The number of fused-ring (bicyclic) bond motifs is 1. The lowest BCUT2D eigenvalue weighted by Gasteiger charge is -2.15. The number of hydrogen-bond donors (Lipinski definition) is 0. The SMILES string of the molecule is C=C(F)C(=O)N(C)Cc1ccc2c(c1)OC(F)(F)O2. The van der Waals surface area contributed by atoms with Gasteiger partial charge in [-0.2, -0.15) is 0 Å². The number of likely N-dealkylation sites (N-methyl/N-ethyl adjacent to an activating group) is 1. The molecule has 1 aromatic carbocycles. The molecule has 19 heavy (non-hydrogen) atoms. The minimum atomic E-state index is -3.68. The van der Waals surface area contributed by atoms with Gasteiger partial charge in [-0.05, 0) is 17.7 Å². The Bertz CT molecular complexity index is 545. The van der Waals surface area contributed by atoms with Crippen molar-refractivity contribution in [2.45, 2.75) is 12.8 Å². The molecule has 1 heterocycles. The molecule has 0 unspecified atom stereocenters. The first-order valence-corrected chi connectivity index (χ1v) is 5.27. The molecule has 1 aromatic rings. The summed E-state index contributed by atoms with van der Waals surface area (Å²) in [5.41, 5.74) is 0.497. The molecule has 0 atom stereocenters. The van der Waals surface area contributed by atoms with Gasteiger partial charge in [0.05, 0.1) is 0 Å². The molecule has 102 valence electrons. The van der Waals surface area contributed by atoms with Gasteiger partial charge in [0.1, 0.15) is 0 Å². The number of benzene rings is 1. The zero-order chi connectivity index (χ0) is 14.2. The summed E-state index contributed by atoms with van der Waals surface area (Å²) in [6.07, 6.45) is -3.68. The van der Waals surface area contributed by atoms with Crippen LogP contribution in [0.25, 0.3) is 0 Å². The van der Waals surface area contributed by atoms with Crippen molar-refractivity contribution in [2.24, 2.45) is 0 Å². The maximum Gasteiger partial charge on any atom is 0.586 e. The second-order valence-corrected chi connectivity index (χ2v) is 4.01. The van der Waals surface area contributed by atoms with Crippen molar-refractivity contribution in [1.29, 1.82) is 0 Å². The Morgan fingerprint density at radius 2 is 2.00 bits per heavy atom. The summed E-state index contributed by atoms with van der Waals surface area (Å²) in [6, 6.07) is 4.09. The molecule has 0 bridgehead atoms. The Morgan fingerprint density at radius 1 is 1.37 bits per heavy atom. The smallest absolute Gasteiger partial charge is 0.395 e. The van der Waals surface area contributed by atoms with Crippen LogP contribution in [0.4, 0.5) is 13.2 Å². The molecule has 1 aliphatic rings. The number of alkyl halides is 2. The fourth-order valence-electron chi connectivity index (χ4n) is 1.64. The maximum absolute atomic E-state index is 12.8. The molecule has 1 amide bonds. The van der Waals surface area contributed by atoms with E-state index in [1.807, 2.05) is 0 Å². The van der Waals surface area contributed by atoms with Crippen LogP contribution in [0.3, 0.4) is 0 Å². The Balaban J connectivity index is 2.13. The topological polar surface area (TPSA) is 38.8 Å². The predicted octanol–water partition coefficient (Wildman–Crippen LogP) is 2.45. The van der Waals surface area contributed by atoms with E-state index in [9.17, 15) is 18.0 Å². The standard InChI is InChI=1S/C12H10F3NO3/c1-7(13)11(17)16(2)6-8-3-4-9-10(5-8)19-12(14,15)18-9/h3-5H,1,6H2,2H3. The van der Waals surface area contributed by atoms with E-state index in [2.05, 4.69) is 16.1 Å². The number of carbonyl (C=O) groups excluding carboxylic acids is 1. The summed E-state index contributed by atoms with van der Waals surface area (Å²) in [6.45, 7) is 2.92. The van der Waals surface area contributed by atoms with Crippen LogP contribution in [-0.2, 0) is 11.3 Å². The Labute approximate surface area is 107 Å². The highest BCUT2D eigenvalue weighted by Gasteiger charge is 2.43. The second kappa shape index (κ2) is 4.49. The van der Waals surface area contributed by atoms with Crippen LogP contribution in [0.1, 0.15) is 5.56 Å². The van der Waals surface area contributed by atoms with Crippen molar-refractivity contribution in [2.75, 3.05) is 7.05 Å². The first-order valence-electron chi connectivity index (χ1n) is 5.27. The monoisotopic (exact) mass is 273 g/mol. The molecular weight excluding hydrogens is 263 g/mol. The molecule has 0 N–H and O–H groups in total. The third-order valence-electron chi connectivity index (χ3n) is 2.46. The van der Waals surface area contributed by atoms with Crippen LogP contribution in [0.5, 0.6) is 11.5 Å². The third-order valence-corrected chi connectivity index (χ3v) is 2.46. The highest BCUT2D eigenvalue weighted by atomic mass is 19.3. The highest BCUT2D eigenvalue weighted by Crippen LogP contribution is 2.41. The van der Waals surface area contributed by atoms with Crippen LogP contribution in [0, 0.1) is 0 Å². The molecule has 0 fully saturated rings. The summed E-state index contributed by atoms with van der Waals surface area (Å²) in [4.78, 5) is 12.3. The van der Waals surface area contributed by atoms with Crippen molar-refractivity contribution in [1.82, 2.24) is 4.90 Å². The van der Waals surface area contributed by atoms with Gasteiger partial charge in [-0.3, -0.25) is 4.79 Å². The number of carbonyl (C=O) groups is 1. The van der Waals surface area contributed by atoms with E-state index in [4.69, 9.17) is 0 Å². The van der Waals surface area contributed by atoms with Gasteiger partial charge in [0, 0.05) is 13.6 Å². The largest absolute Gasteiger partial charge is 0.586 e. The lowest BCUT2D eigenvalue weighted by atomic mass is 10.2. The first kappa shape index (κ1) is 13.3. The molecule has 0 radical (unpaired) electrons. The van der Waals surface area contributed by atoms with Gasteiger partial charge in [-0.15, -0.1) is 8.78 Å². The van der Waals surface area contributed by atoms with Gasteiger partial charge in [-0.25, -0.2) is 4.39 Å². The molecule has 0 aliphatic carbocycles. The highest BCUT2D eigenvalue weighted by molar-refractivity contribution is 5.90. The number of halogens is 3. The predicted molar refractivity (Wildman–Crippen MR) is 59.4 cm³/mol. The summed E-state index contributed by atoms with van der Waals surface area (Å²) in [7, 11) is 1.37. The molecular formula is C12H10F3NO3. The number of nitrogens with zero attached hydrogens (tertiary/aromatic N) is 1. The van der Waals surface area contributed by atoms with Crippen molar-refractivity contribution in [3.8, 4) is 11.5 Å². The van der Waals surface area contributed by atoms with Crippen molar-refractivity contribution >= 4 is 5.91 Å². The Hall–Kier alpha value is -2.18. The number of rotatable bonds is 3. The van der Waals surface area contributed by atoms with E-state index in [0.29, 0.717) is 5.56 Å². The molecule has 0 saturated heterocycles. The van der Waals surface area contributed by atoms with Crippen LogP contribution in [0.15, 0.2) is 30.6 Å². The van der Waals surface area contributed by atoms with Gasteiger partial charge in [-0.1, -0.05) is 12.6 Å². The quantitative estimate of drug-likeness (QED) is 0.794. The zero-order valence-corrected chi connectivity index (χ0v) is 9.95. The minimum Gasteiger partial charge on any atom is -0.395 e. The number of hydrogen-bond acceptors (Lipinski definition) is 3. The molecule has 1 aliphatic heterocycles. The second-order valence-electron chi connectivity index (χ2n) is 4.01. The molecule has 7 heteroatoms. The van der Waals surface area contributed by atoms with Gasteiger partial charge in [0.2, 0.25) is 0 Å². The van der Waals surface area contributed by atoms with E-state index in [-0.39, 0.29) is 18.0 Å². The van der Waals surface area contributed by atoms with Crippen LogP contribution in [-0.4, -0.2) is 24.1 Å². The lowest BCUT2D eigenvalue weighted by Crippen LogP contribution is -2.26. The average molecular weight is 273 g/mol. The molecule has 4 nitrogen and oxygen atoms in total. The van der Waals surface area contributed by atoms with Gasteiger partial charge >= 0.3 is 6.29 Å². The van der Waals surface area contributed by atoms with Crippen molar-refractivity contribution < 1.29 is 27.4 Å². The van der Waals surface area contributed by atoms with E-state index in [1.165, 1.54) is 25.2 Å².